The summed E-state index contributed by atoms with van der Waals surface area (Å²) in [6.07, 6.45) is 11.2. The Morgan fingerprint density at radius 3 is 2.38 bits per heavy atom. The fourth-order valence-electron chi connectivity index (χ4n) is 3.61. The fourth-order valence-corrected chi connectivity index (χ4v) is 3.61. The molecule has 146 valence electrons. The van der Waals surface area contributed by atoms with E-state index in [4.69, 9.17) is 0 Å². The first-order chi connectivity index (χ1) is 12.8. The number of carbonyl (C=O) groups excluding carboxylic acids is 1. The molecule has 2 amide bonds. The Morgan fingerprint density at radius 2 is 1.69 bits per heavy atom. The average molecular weight is 360 g/mol. The van der Waals surface area contributed by atoms with Crippen molar-refractivity contribution in [3.8, 4) is 0 Å². The van der Waals surface area contributed by atoms with Crippen molar-refractivity contribution < 1.29 is 4.79 Å². The largest absolute Gasteiger partial charge is 0.335 e. The van der Waals surface area contributed by atoms with E-state index in [1.54, 1.807) is 0 Å². The summed E-state index contributed by atoms with van der Waals surface area (Å²) in [5.41, 5.74) is 1.31. The van der Waals surface area contributed by atoms with Gasteiger partial charge in [0.25, 0.3) is 0 Å². The number of piperazine rings is 1. The third-order valence-electron chi connectivity index (χ3n) is 5.21. The Balaban J connectivity index is 1.78. The summed E-state index contributed by atoms with van der Waals surface area (Å²) < 4.78 is 0. The van der Waals surface area contributed by atoms with Crippen LogP contribution in [-0.2, 0) is 6.42 Å². The summed E-state index contributed by atoms with van der Waals surface area (Å²) in [5.74, 6) is 0. The van der Waals surface area contributed by atoms with E-state index in [1.165, 1.54) is 50.5 Å². The van der Waals surface area contributed by atoms with Gasteiger partial charge in [-0.1, -0.05) is 82.2 Å². The van der Waals surface area contributed by atoms with E-state index < -0.39 is 0 Å². The van der Waals surface area contributed by atoms with E-state index >= 15 is 0 Å². The standard InChI is InChI=1S/C22H37N3O/c1-2-3-4-5-6-7-11-14-21(19-20-12-9-8-10-13-20)24-22(26)25-17-15-23-16-18-25/h8-10,12-13,21,23H,2-7,11,14-19H2,1H3,(H,24,26). The molecule has 26 heavy (non-hydrogen) atoms. The summed E-state index contributed by atoms with van der Waals surface area (Å²) in [6.45, 7) is 5.67. The van der Waals surface area contributed by atoms with E-state index in [0.29, 0.717) is 0 Å². The summed E-state index contributed by atoms with van der Waals surface area (Å²) in [6, 6.07) is 10.9. The van der Waals surface area contributed by atoms with Crippen LogP contribution in [0.25, 0.3) is 0 Å². The van der Waals surface area contributed by atoms with Crippen molar-refractivity contribution in [1.82, 2.24) is 15.5 Å². The van der Waals surface area contributed by atoms with Crippen molar-refractivity contribution in [3.05, 3.63) is 35.9 Å². The zero-order chi connectivity index (χ0) is 18.5. The highest BCUT2D eigenvalue weighted by molar-refractivity contribution is 5.74. The minimum atomic E-state index is 0.107. The average Bonchev–Trinajstić information content (AvgIpc) is 2.68. The molecule has 1 unspecified atom stereocenters. The SMILES string of the molecule is CCCCCCCCCC(Cc1ccccc1)NC(=O)N1CCNCC1. The molecule has 1 aromatic carbocycles. The van der Waals surface area contributed by atoms with Gasteiger partial charge in [0.1, 0.15) is 0 Å². The lowest BCUT2D eigenvalue weighted by Crippen LogP contribution is -2.52. The predicted octanol–water partition coefficient (Wildman–Crippen LogP) is 4.35. The van der Waals surface area contributed by atoms with Crippen molar-refractivity contribution in [1.29, 1.82) is 0 Å². The number of unbranched alkanes of at least 4 members (excludes halogenated alkanes) is 6. The van der Waals surface area contributed by atoms with Gasteiger partial charge in [-0.3, -0.25) is 0 Å². The maximum atomic E-state index is 12.6. The van der Waals surface area contributed by atoms with Crippen LogP contribution in [0.5, 0.6) is 0 Å². The molecule has 0 spiro atoms. The number of urea groups is 1. The van der Waals surface area contributed by atoms with Gasteiger partial charge in [0.05, 0.1) is 0 Å². The number of hydrogen-bond acceptors (Lipinski definition) is 2. The molecular weight excluding hydrogens is 322 g/mol. The minimum Gasteiger partial charge on any atom is -0.335 e. The number of amides is 2. The van der Waals surface area contributed by atoms with Crippen LogP contribution in [-0.4, -0.2) is 43.2 Å². The fraction of sp³-hybridized carbons (Fsp3) is 0.682. The highest BCUT2D eigenvalue weighted by Crippen LogP contribution is 2.13. The molecule has 1 aliphatic rings. The summed E-state index contributed by atoms with van der Waals surface area (Å²) in [4.78, 5) is 14.5. The second kappa shape index (κ2) is 12.7. The first kappa shape index (κ1) is 20.8. The Hall–Kier alpha value is -1.55. The normalized spacial score (nSPS) is 15.7. The minimum absolute atomic E-state index is 0.107. The molecular formula is C22H37N3O. The molecule has 2 N–H and O–H groups in total. The quantitative estimate of drug-likeness (QED) is 0.577. The van der Waals surface area contributed by atoms with Crippen LogP contribution < -0.4 is 10.6 Å². The highest BCUT2D eigenvalue weighted by Gasteiger charge is 2.19. The molecule has 2 rings (SSSR count). The highest BCUT2D eigenvalue weighted by atomic mass is 16.2. The second-order valence-electron chi connectivity index (χ2n) is 7.48. The lowest BCUT2D eigenvalue weighted by molar-refractivity contribution is 0.185. The molecule has 0 bridgehead atoms. The van der Waals surface area contributed by atoms with Gasteiger partial charge < -0.3 is 15.5 Å². The number of nitrogens with zero attached hydrogens (tertiary/aromatic N) is 1. The number of carbonyl (C=O) groups is 1. The molecule has 1 atom stereocenters. The van der Waals surface area contributed by atoms with Crippen LogP contribution in [0.3, 0.4) is 0 Å². The summed E-state index contributed by atoms with van der Waals surface area (Å²) in [7, 11) is 0. The Labute approximate surface area is 159 Å². The smallest absolute Gasteiger partial charge is 0.317 e. The van der Waals surface area contributed by atoms with Gasteiger partial charge in [-0.25, -0.2) is 4.79 Å². The van der Waals surface area contributed by atoms with Gasteiger partial charge in [0.2, 0.25) is 0 Å². The monoisotopic (exact) mass is 359 g/mol. The molecule has 1 saturated heterocycles. The molecule has 0 aliphatic carbocycles. The van der Waals surface area contributed by atoms with Gasteiger partial charge in [0, 0.05) is 32.2 Å². The molecule has 0 radical (unpaired) electrons. The predicted molar refractivity (Wildman–Crippen MR) is 110 cm³/mol. The lowest BCUT2D eigenvalue weighted by atomic mass is 9.99. The van der Waals surface area contributed by atoms with Crippen molar-refractivity contribution >= 4 is 6.03 Å². The Kier molecular flexibility index (Phi) is 10.2. The first-order valence-corrected chi connectivity index (χ1v) is 10.6. The number of benzene rings is 1. The third-order valence-corrected chi connectivity index (χ3v) is 5.21. The molecule has 1 heterocycles. The molecule has 4 nitrogen and oxygen atoms in total. The molecule has 4 heteroatoms. The van der Waals surface area contributed by atoms with Crippen LogP contribution >= 0.6 is 0 Å². The van der Waals surface area contributed by atoms with Crippen molar-refractivity contribution in [3.63, 3.8) is 0 Å². The maximum absolute atomic E-state index is 12.6. The topological polar surface area (TPSA) is 44.4 Å². The molecule has 0 aromatic heterocycles. The third kappa shape index (κ3) is 8.22. The number of hydrogen-bond donors (Lipinski definition) is 2. The zero-order valence-corrected chi connectivity index (χ0v) is 16.5. The molecule has 1 fully saturated rings. The van der Waals surface area contributed by atoms with Gasteiger partial charge in [-0.05, 0) is 18.4 Å². The van der Waals surface area contributed by atoms with Gasteiger partial charge in [0.15, 0.2) is 0 Å². The van der Waals surface area contributed by atoms with E-state index in [0.717, 1.165) is 39.0 Å². The number of nitrogens with one attached hydrogen (secondary N) is 2. The van der Waals surface area contributed by atoms with Gasteiger partial charge in [-0.2, -0.15) is 0 Å². The van der Waals surface area contributed by atoms with E-state index in [1.807, 2.05) is 11.0 Å². The van der Waals surface area contributed by atoms with Crippen molar-refractivity contribution in [2.24, 2.45) is 0 Å². The van der Waals surface area contributed by atoms with E-state index in [-0.39, 0.29) is 12.1 Å². The lowest BCUT2D eigenvalue weighted by Gasteiger charge is -2.30. The van der Waals surface area contributed by atoms with E-state index in [9.17, 15) is 4.79 Å². The first-order valence-electron chi connectivity index (χ1n) is 10.6. The van der Waals surface area contributed by atoms with E-state index in [2.05, 4.69) is 41.8 Å². The van der Waals surface area contributed by atoms with Crippen molar-refractivity contribution in [2.75, 3.05) is 26.2 Å². The number of rotatable bonds is 11. The van der Waals surface area contributed by atoms with Crippen molar-refractivity contribution in [2.45, 2.75) is 70.8 Å². The van der Waals surface area contributed by atoms with Crippen LogP contribution in [0.15, 0.2) is 30.3 Å². The van der Waals surface area contributed by atoms with Crippen LogP contribution in [0, 0.1) is 0 Å². The van der Waals surface area contributed by atoms with Gasteiger partial charge >= 0.3 is 6.03 Å². The Morgan fingerprint density at radius 1 is 1.04 bits per heavy atom. The molecule has 0 saturated carbocycles. The molecule has 1 aliphatic heterocycles. The van der Waals surface area contributed by atoms with Gasteiger partial charge in [-0.15, -0.1) is 0 Å². The van der Waals surface area contributed by atoms with Crippen LogP contribution in [0.2, 0.25) is 0 Å². The summed E-state index contributed by atoms with van der Waals surface area (Å²) >= 11 is 0. The Bertz CT molecular complexity index is 485. The molecule has 1 aromatic rings. The second-order valence-corrected chi connectivity index (χ2v) is 7.48. The van der Waals surface area contributed by atoms with Crippen LogP contribution in [0.1, 0.15) is 63.9 Å². The summed E-state index contributed by atoms with van der Waals surface area (Å²) in [5, 5.41) is 6.61. The maximum Gasteiger partial charge on any atom is 0.317 e. The zero-order valence-electron chi connectivity index (χ0n) is 16.5. The van der Waals surface area contributed by atoms with Crippen LogP contribution in [0.4, 0.5) is 4.79 Å².